The minimum atomic E-state index is -1.09. The second-order valence-corrected chi connectivity index (χ2v) is 5.26. The van der Waals surface area contributed by atoms with E-state index in [2.05, 4.69) is 0 Å². The fourth-order valence-electron chi connectivity index (χ4n) is 0.950. The lowest BCUT2D eigenvalue weighted by atomic mass is 9.96. The predicted octanol–water partition coefficient (Wildman–Crippen LogP) is 1.07. The van der Waals surface area contributed by atoms with Gasteiger partial charge in [0.15, 0.2) is 6.10 Å². The van der Waals surface area contributed by atoms with Crippen molar-refractivity contribution in [2.45, 2.75) is 52.6 Å². The Bertz CT molecular complexity index is 239. The van der Waals surface area contributed by atoms with Crippen LogP contribution in [0.3, 0.4) is 0 Å². The van der Waals surface area contributed by atoms with Crippen molar-refractivity contribution in [3.05, 3.63) is 0 Å². The number of epoxide rings is 1. The molecule has 0 radical (unpaired) electrons. The number of hydrogen-bond acceptors (Lipinski definition) is 4. The molecule has 1 rings (SSSR count). The molecule has 1 N–H and O–H groups in total. The van der Waals surface area contributed by atoms with Crippen LogP contribution >= 0.6 is 0 Å². The molecule has 0 aliphatic carbocycles. The molecule has 0 aromatic heterocycles. The molecule has 1 fully saturated rings. The highest BCUT2D eigenvalue weighted by Crippen LogP contribution is 2.36. The third-order valence-electron chi connectivity index (χ3n) is 2.18. The van der Waals surface area contributed by atoms with Gasteiger partial charge in [-0.15, -0.1) is 0 Å². The van der Waals surface area contributed by atoms with E-state index < -0.39 is 29.4 Å². The van der Waals surface area contributed by atoms with E-state index in [0.717, 1.165) is 0 Å². The molecular weight excluding hydrogens is 184 g/mol. The van der Waals surface area contributed by atoms with E-state index in [4.69, 9.17) is 9.47 Å². The summed E-state index contributed by atoms with van der Waals surface area (Å²) in [6, 6.07) is 0. The molecule has 4 nitrogen and oxygen atoms in total. The maximum absolute atomic E-state index is 11.4. The van der Waals surface area contributed by atoms with Gasteiger partial charge < -0.3 is 14.6 Å². The Morgan fingerprint density at radius 2 is 1.93 bits per heavy atom. The number of carbonyl (C=O) groups is 1. The Morgan fingerprint density at radius 1 is 1.50 bits per heavy atom. The summed E-state index contributed by atoms with van der Waals surface area (Å²) in [7, 11) is 0. The number of ether oxygens (including phenoxy) is 2. The Labute approximate surface area is 84.2 Å². The van der Waals surface area contributed by atoms with E-state index in [1.165, 1.54) is 0 Å². The molecule has 0 aromatic carbocycles. The lowest BCUT2D eigenvalue weighted by Crippen LogP contribution is -2.33. The monoisotopic (exact) mass is 202 g/mol. The maximum Gasteiger partial charge on any atom is 0.340 e. The molecule has 1 aliphatic heterocycles. The van der Waals surface area contributed by atoms with Crippen molar-refractivity contribution in [2.24, 2.45) is 5.41 Å². The first kappa shape index (κ1) is 11.5. The highest BCUT2D eigenvalue weighted by atomic mass is 16.7. The van der Waals surface area contributed by atoms with Crippen LogP contribution in [0.5, 0.6) is 0 Å². The SMILES string of the molecule is CC(C)(C)C(O)OC(=O)C1OC1(C)C. The molecule has 0 saturated carbocycles. The Balaban J connectivity index is 2.43. The zero-order valence-corrected chi connectivity index (χ0v) is 9.33. The molecule has 14 heavy (non-hydrogen) atoms. The highest BCUT2D eigenvalue weighted by molar-refractivity contribution is 5.79. The van der Waals surface area contributed by atoms with E-state index in [1.807, 2.05) is 13.8 Å². The smallest absolute Gasteiger partial charge is 0.340 e. The van der Waals surface area contributed by atoms with Gasteiger partial charge in [-0.3, -0.25) is 0 Å². The molecule has 0 amide bonds. The van der Waals surface area contributed by atoms with Crippen molar-refractivity contribution in [2.75, 3.05) is 0 Å². The van der Waals surface area contributed by atoms with E-state index in [1.54, 1.807) is 20.8 Å². The number of rotatable bonds is 2. The van der Waals surface area contributed by atoms with E-state index >= 15 is 0 Å². The van der Waals surface area contributed by atoms with Crippen LogP contribution in [0.1, 0.15) is 34.6 Å². The van der Waals surface area contributed by atoms with E-state index in [9.17, 15) is 9.90 Å². The number of esters is 1. The van der Waals surface area contributed by atoms with Crippen LogP contribution in [0.4, 0.5) is 0 Å². The number of hydrogen-bond donors (Lipinski definition) is 1. The summed E-state index contributed by atoms with van der Waals surface area (Å²) < 4.78 is 9.96. The van der Waals surface area contributed by atoms with Crippen LogP contribution in [-0.4, -0.2) is 29.1 Å². The summed E-state index contributed by atoms with van der Waals surface area (Å²) in [5, 5.41) is 9.50. The summed E-state index contributed by atoms with van der Waals surface area (Å²) in [5.74, 6) is -0.488. The van der Waals surface area contributed by atoms with Crippen LogP contribution < -0.4 is 0 Å². The Hall–Kier alpha value is -0.610. The first-order valence-corrected chi connectivity index (χ1v) is 4.71. The van der Waals surface area contributed by atoms with Crippen LogP contribution in [0.15, 0.2) is 0 Å². The van der Waals surface area contributed by atoms with E-state index in [0.29, 0.717) is 0 Å². The predicted molar refractivity (Wildman–Crippen MR) is 50.5 cm³/mol. The van der Waals surface area contributed by atoms with E-state index in [-0.39, 0.29) is 0 Å². The zero-order chi connectivity index (χ0) is 11.1. The van der Waals surface area contributed by atoms with Crippen molar-refractivity contribution >= 4 is 5.97 Å². The Morgan fingerprint density at radius 3 is 2.21 bits per heavy atom. The molecule has 0 bridgehead atoms. The molecule has 0 spiro atoms. The second kappa shape index (κ2) is 3.21. The molecule has 82 valence electrons. The molecule has 2 unspecified atom stereocenters. The van der Waals surface area contributed by atoms with Crippen molar-refractivity contribution < 1.29 is 19.4 Å². The topological polar surface area (TPSA) is 59.1 Å². The lowest BCUT2D eigenvalue weighted by molar-refractivity contribution is -0.187. The van der Waals surface area contributed by atoms with Crippen LogP contribution in [0.25, 0.3) is 0 Å². The summed E-state index contributed by atoms with van der Waals surface area (Å²) in [4.78, 5) is 11.4. The summed E-state index contributed by atoms with van der Waals surface area (Å²) in [6.07, 6.45) is -1.62. The van der Waals surface area contributed by atoms with Gasteiger partial charge in [0.2, 0.25) is 6.29 Å². The summed E-state index contributed by atoms with van der Waals surface area (Å²) >= 11 is 0. The van der Waals surface area contributed by atoms with Gasteiger partial charge in [-0.25, -0.2) is 4.79 Å². The third kappa shape index (κ3) is 2.45. The first-order chi connectivity index (χ1) is 6.14. The van der Waals surface area contributed by atoms with Gasteiger partial charge in [0, 0.05) is 5.41 Å². The fraction of sp³-hybridized carbons (Fsp3) is 0.900. The standard InChI is InChI=1S/C10H18O4/c1-9(2,3)8(12)13-7(11)6-10(4,5)14-6/h6,8,12H,1-5H3. The highest BCUT2D eigenvalue weighted by Gasteiger charge is 2.55. The molecule has 4 heteroatoms. The minimum Gasteiger partial charge on any atom is -0.433 e. The molecule has 2 atom stereocenters. The number of aliphatic hydroxyl groups excluding tert-OH is 1. The van der Waals surface area contributed by atoms with Crippen LogP contribution in [-0.2, 0) is 14.3 Å². The van der Waals surface area contributed by atoms with Crippen LogP contribution in [0.2, 0.25) is 0 Å². The average Bonchev–Trinajstić information content (AvgIpc) is 2.57. The van der Waals surface area contributed by atoms with Crippen molar-refractivity contribution in [1.29, 1.82) is 0 Å². The van der Waals surface area contributed by atoms with Gasteiger partial charge in [0.25, 0.3) is 0 Å². The van der Waals surface area contributed by atoms with Crippen molar-refractivity contribution in [3.8, 4) is 0 Å². The average molecular weight is 202 g/mol. The second-order valence-electron chi connectivity index (χ2n) is 5.26. The van der Waals surface area contributed by atoms with Gasteiger partial charge in [-0.2, -0.15) is 0 Å². The molecule has 0 aromatic rings. The normalized spacial score (nSPS) is 26.9. The Kier molecular flexibility index (Phi) is 2.63. The number of aliphatic hydroxyl groups is 1. The molecule has 1 aliphatic rings. The molecule has 1 heterocycles. The van der Waals surface area contributed by atoms with Gasteiger partial charge in [0.1, 0.15) is 5.60 Å². The largest absolute Gasteiger partial charge is 0.433 e. The quantitative estimate of drug-likeness (QED) is 0.413. The van der Waals surface area contributed by atoms with Crippen molar-refractivity contribution in [1.82, 2.24) is 0 Å². The van der Waals surface area contributed by atoms with Gasteiger partial charge >= 0.3 is 5.97 Å². The molecular formula is C10H18O4. The number of carbonyl (C=O) groups excluding carboxylic acids is 1. The van der Waals surface area contributed by atoms with Gasteiger partial charge in [-0.05, 0) is 13.8 Å². The maximum atomic E-state index is 11.4. The summed E-state index contributed by atoms with van der Waals surface area (Å²) in [5.41, 5.74) is -0.899. The molecule has 1 saturated heterocycles. The van der Waals surface area contributed by atoms with Crippen molar-refractivity contribution in [3.63, 3.8) is 0 Å². The van der Waals surface area contributed by atoms with Crippen LogP contribution in [0, 0.1) is 5.41 Å². The lowest BCUT2D eigenvalue weighted by Gasteiger charge is -2.24. The summed E-state index contributed by atoms with van der Waals surface area (Å²) in [6.45, 7) is 9.00. The van der Waals surface area contributed by atoms with Gasteiger partial charge in [0.05, 0.1) is 0 Å². The van der Waals surface area contributed by atoms with Gasteiger partial charge in [-0.1, -0.05) is 20.8 Å². The zero-order valence-electron chi connectivity index (χ0n) is 9.33. The third-order valence-corrected chi connectivity index (χ3v) is 2.18. The fourth-order valence-corrected chi connectivity index (χ4v) is 0.950. The minimum absolute atomic E-state index is 0.436. The first-order valence-electron chi connectivity index (χ1n) is 4.71.